The third-order valence-corrected chi connectivity index (χ3v) is 3.26. The molecule has 0 bridgehead atoms. The van der Waals surface area contributed by atoms with Gasteiger partial charge in [0.2, 0.25) is 0 Å². The molecule has 0 amide bonds. The van der Waals surface area contributed by atoms with Gasteiger partial charge in [-0.25, -0.2) is 9.97 Å². The van der Waals surface area contributed by atoms with Gasteiger partial charge < -0.3 is 0 Å². The van der Waals surface area contributed by atoms with Crippen LogP contribution in [-0.4, -0.2) is 20.2 Å². The SMILES string of the molecule is CCCCc1ncnc2n[nH]c(-c3ccccc3)c12. The lowest BCUT2D eigenvalue weighted by atomic mass is 10.1. The number of hydrogen-bond acceptors (Lipinski definition) is 3. The molecule has 96 valence electrons. The molecular formula is C15H16N4. The molecule has 3 rings (SSSR count). The van der Waals surface area contributed by atoms with Crippen LogP contribution in [0.25, 0.3) is 22.3 Å². The van der Waals surface area contributed by atoms with Crippen LogP contribution in [0.4, 0.5) is 0 Å². The van der Waals surface area contributed by atoms with E-state index in [0.717, 1.165) is 47.2 Å². The third kappa shape index (κ3) is 2.21. The van der Waals surface area contributed by atoms with Gasteiger partial charge in [0, 0.05) is 5.56 Å². The van der Waals surface area contributed by atoms with Crippen LogP contribution in [-0.2, 0) is 6.42 Å². The molecule has 0 aliphatic heterocycles. The molecule has 4 nitrogen and oxygen atoms in total. The summed E-state index contributed by atoms with van der Waals surface area (Å²) in [7, 11) is 0. The molecule has 1 aromatic carbocycles. The van der Waals surface area contributed by atoms with E-state index in [1.807, 2.05) is 18.2 Å². The molecule has 2 heterocycles. The van der Waals surface area contributed by atoms with E-state index in [9.17, 15) is 0 Å². The average molecular weight is 252 g/mol. The average Bonchev–Trinajstić information content (AvgIpc) is 2.90. The van der Waals surface area contributed by atoms with Gasteiger partial charge in [0.25, 0.3) is 0 Å². The Balaban J connectivity index is 2.15. The molecule has 0 spiro atoms. The maximum absolute atomic E-state index is 4.43. The zero-order chi connectivity index (χ0) is 13.1. The highest BCUT2D eigenvalue weighted by Crippen LogP contribution is 2.27. The van der Waals surface area contributed by atoms with Crippen LogP contribution in [0.3, 0.4) is 0 Å². The summed E-state index contributed by atoms with van der Waals surface area (Å²) in [5, 5.41) is 8.44. The quantitative estimate of drug-likeness (QED) is 0.774. The first-order valence-corrected chi connectivity index (χ1v) is 6.63. The first-order chi connectivity index (χ1) is 9.40. The van der Waals surface area contributed by atoms with Crippen molar-refractivity contribution >= 4 is 11.0 Å². The van der Waals surface area contributed by atoms with Crippen LogP contribution < -0.4 is 0 Å². The minimum Gasteiger partial charge on any atom is -0.275 e. The van der Waals surface area contributed by atoms with Gasteiger partial charge >= 0.3 is 0 Å². The summed E-state index contributed by atoms with van der Waals surface area (Å²) in [6.07, 6.45) is 4.85. The smallest absolute Gasteiger partial charge is 0.184 e. The van der Waals surface area contributed by atoms with Crippen molar-refractivity contribution in [3.8, 4) is 11.3 Å². The van der Waals surface area contributed by atoms with Crippen molar-refractivity contribution in [2.24, 2.45) is 0 Å². The summed E-state index contributed by atoms with van der Waals surface area (Å²) in [4.78, 5) is 8.67. The summed E-state index contributed by atoms with van der Waals surface area (Å²) < 4.78 is 0. The minimum atomic E-state index is 0.750. The van der Waals surface area contributed by atoms with Gasteiger partial charge in [-0.1, -0.05) is 43.7 Å². The van der Waals surface area contributed by atoms with E-state index in [-0.39, 0.29) is 0 Å². The summed E-state index contributed by atoms with van der Waals surface area (Å²) in [5.41, 5.74) is 3.97. The van der Waals surface area contributed by atoms with Gasteiger partial charge in [-0.2, -0.15) is 5.10 Å². The van der Waals surface area contributed by atoms with Crippen molar-refractivity contribution < 1.29 is 0 Å². The molecule has 1 N–H and O–H groups in total. The summed E-state index contributed by atoms with van der Waals surface area (Å²) in [6, 6.07) is 10.2. The molecule has 0 fully saturated rings. The van der Waals surface area contributed by atoms with Crippen LogP contribution in [0, 0.1) is 0 Å². The molecule has 0 unspecified atom stereocenters. The zero-order valence-electron chi connectivity index (χ0n) is 10.9. The highest BCUT2D eigenvalue weighted by Gasteiger charge is 2.13. The van der Waals surface area contributed by atoms with Crippen molar-refractivity contribution in [3.63, 3.8) is 0 Å². The highest BCUT2D eigenvalue weighted by molar-refractivity contribution is 5.92. The topological polar surface area (TPSA) is 54.5 Å². The van der Waals surface area contributed by atoms with Gasteiger partial charge in [0.05, 0.1) is 16.8 Å². The van der Waals surface area contributed by atoms with Crippen LogP contribution in [0.1, 0.15) is 25.5 Å². The summed E-state index contributed by atoms with van der Waals surface area (Å²) in [5.74, 6) is 0. The predicted molar refractivity (Wildman–Crippen MR) is 75.7 cm³/mol. The van der Waals surface area contributed by atoms with E-state index in [0.29, 0.717) is 0 Å². The Morgan fingerprint density at radius 2 is 1.95 bits per heavy atom. The summed E-state index contributed by atoms with van der Waals surface area (Å²) in [6.45, 7) is 2.19. The number of nitrogens with one attached hydrogen (secondary N) is 1. The summed E-state index contributed by atoms with van der Waals surface area (Å²) >= 11 is 0. The van der Waals surface area contributed by atoms with E-state index in [2.05, 4.69) is 39.2 Å². The Morgan fingerprint density at radius 1 is 1.11 bits per heavy atom. The molecule has 3 aromatic rings. The second kappa shape index (κ2) is 5.18. The molecule has 0 saturated carbocycles. The zero-order valence-corrected chi connectivity index (χ0v) is 10.9. The number of H-pyrrole nitrogens is 1. The fourth-order valence-electron chi connectivity index (χ4n) is 2.26. The Morgan fingerprint density at radius 3 is 2.74 bits per heavy atom. The lowest BCUT2D eigenvalue weighted by molar-refractivity contribution is 0.780. The minimum absolute atomic E-state index is 0.750. The van der Waals surface area contributed by atoms with E-state index in [1.54, 1.807) is 6.33 Å². The Hall–Kier alpha value is -2.23. The molecule has 0 aliphatic carbocycles. The van der Waals surface area contributed by atoms with Crippen LogP contribution in [0.2, 0.25) is 0 Å². The standard InChI is InChI=1S/C15H16N4/c1-2-3-9-12-13-14(11-7-5-4-6-8-11)18-19-15(13)17-10-16-12/h4-8,10H,2-3,9H2,1H3,(H,16,17,18,19). The molecular weight excluding hydrogens is 236 g/mol. The number of nitrogens with zero attached hydrogens (tertiary/aromatic N) is 3. The lowest BCUT2D eigenvalue weighted by Gasteiger charge is -2.03. The number of aryl methyl sites for hydroxylation is 1. The Bertz CT molecular complexity index is 673. The van der Waals surface area contributed by atoms with Crippen LogP contribution in [0.15, 0.2) is 36.7 Å². The van der Waals surface area contributed by atoms with Gasteiger partial charge in [-0.3, -0.25) is 5.10 Å². The molecule has 0 aliphatic rings. The predicted octanol–water partition coefficient (Wildman–Crippen LogP) is 3.36. The van der Waals surface area contributed by atoms with Crippen LogP contribution >= 0.6 is 0 Å². The monoisotopic (exact) mass is 252 g/mol. The Labute approximate surface area is 111 Å². The Kier molecular flexibility index (Phi) is 3.23. The maximum atomic E-state index is 4.43. The van der Waals surface area contributed by atoms with Crippen molar-refractivity contribution in [2.75, 3.05) is 0 Å². The van der Waals surface area contributed by atoms with Crippen molar-refractivity contribution in [1.82, 2.24) is 20.2 Å². The van der Waals surface area contributed by atoms with E-state index < -0.39 is 0 Å². The second-order valence-electron chi connectivity index (χ2n) is 4.59. The van der Waals surface area contributed by atoms with Crippen molar-refractivity contribution in [2.45, 2.75) is 26.2 Å². The molecule has 4 heteroatoms. The van der Waals surface area contributed by atoms with Crippen molar-refractivity contribution in [1.29, 1.82) is 0 Å². The van der Waals surface area contributed by atoms with Crippen LogP contribution in [0.5, 0.6) is 0 Å². The number of benzene rings is 1. The highest BCUT2D eigenvalue weighted by atomic mass is 15.2. The van der Waals surface area contributed by atoms with Gasteiger partial charge in [0.1, 0.15) is 6.33 Å². The number of unbranched alkanes of at least 4 members (excludes halogenated alkanes) is 1. The second-order valence-corrected chi connectivity index (χ2v) is 4.59. The first kappa shape index (κ1) is 11.8. The first-order valence-electron chi connectivity index (χ1n) is 6.63. The molecule has 0 atom stereocenters. The number of aromatic nitrogens is 4. The largest absolute Gasteiger partial charge is 0.275 e. The van der Waals surface area contributed by atoms with Crippen molar-refractivity contribution in [3.05, 3.63) is 42.4 Å². The lowest BCUT2D eigenvalue weighted by Crippen LogP contribution is -1.93. The van der Waals surface area contributed by atoms with Gasteiger partial charge in [0.15, 0.2) is 5.65 Å². The number of rotatable bonds is 4. The fourth-order valence-corrected chi connectivity index (χ4v) is 2.26. The van der Waals surface area contributed by atoms with Gasteiger partial charge in [-0.05, 0) is 12.8 Å². The molecule has 19 heavy (non-hydrogen) atoms. The van der Waals surface area contributed by atoms with E-state index in [1.165, 1.54) is 0 Å². The molecule has 2 aromatic heterocycles. The molecule has 0 radical (unpaired) electrons. The normalized spacial score (nSPS) is 11.0. The molecule has 0 saturated heterocycles. The maximum Gasteiger partial charge on any atom is 0.184 e. The van der Waals surface area contributed by atoms with E-state index in [4.69, 9.17) is 0 Å². The number of aromatic amines is 1. The number of fused-ring (bicyclic) bond motifs is 1. The third-order valence-electron chi connectivity index (χ3n) is 3.26. The fraction of sp³-hybridized carbons (Fsp3) is 0.267. The number of hydrogen-bond donors (Lipinski definition) is 1. The van der Waals surface area contributed by atoms with E-state index >= 15 is 0 Å². The van der Waals surface area contributed by atoms with Gasteiger partial charge in [-0.15, -0.1) is 0 Å².